The zero-order chi connectivity index (χ0) is 71.2. The van der Waals surface area contributed by atoms with E-state index in [1.54, 1.807) is 0 Å². The van der Waals surface area contributed by atoms with E-state index in [1.165, 1.54) is 142 Å². The smallest absolute Gasteiger partial charge is 0.0547 e. The van der Waals surface area contributed by atoms with E-state index < -0.39 is 0 Å². The predicted molar refractivity (Wildman–Crippen MR) is 456 cm³/mol. The van der Waals surface area contributed by atoms with E-state index in [1.807, 2.05) is 0 Å². The maximum Gasteiger partial charge on any atom is 0.0547 e. The van der Waals surface area contributed by atoms with E-state index in [9.17, 15) is 0 Å². The van der Waals surface area contributed by atoms with Gasteiger partial charge in [0.05, 0.1) is 55.2 Å². The van der Waals surface area contributed by atoms with Crippen LogP contribution in [-0.4, -0.2) is 22.8 Å². The number of hydrogen-bond acceptors (Lipinski definition) is 1. The first-order valence-corrected chi connectivity index (χ1v) is 37.0. The monoisotopic (exact) mass is 1380 g/mol. The van der Waals surface area contributed by atoms with Gasteiger partial charge in [-0.3, -0.25) is 0 Å². The average molecular weight is 1380 g/mol. The summed E-state index contributed by atoms with van der Waals surface area (Å²) in [5.74, 6) is 0. The van der Waals surface area contributed by atoms with Gasteiger partial charge in [0.25, 0.3) is 0 Å². The highest BCUT2D eigenvalue weighted by Crippen LogP contribution is 2.43. The van der Waals surface area contributed by atoms with Gasteiger partial charge < -0.3 is 27.7 Å². The van der Waals surface area contributed by atoms with Gasteiger partial charge in [-0.2, -0.15) is 0 Å². The molecule has 0 aliphatic rings. The van der Waals surface area contributed by atoms with Gasteiger partial charge in [-0.15, -0.1) is 0 Å². The Kier molecular flexibility index (Phi) is 14.8. The van der Waals surface area contributed by atoms with E-state index in [-0.39, 0.29) is 0 Å². The molecule has 0 aliphatic heterocycles. The van der Waals surface area contributed by atoms with Crippen molar-refractivity contribution in [3.05, 3.63) is 413 Å². The molecule has 0 fully saturated rings. The molecule has 0 saturated carbocycles. The Bertz CT molecular complexity index is 6450. The van der Waals surface area contributed by atoms with Crippen LogP contribution in [0.25, 0.3) is 171 Å². The van der Waals surface area contributed by atoms with Crippen molar-refractivity contribution in [3.8, 4) is 61.8 Å². The summed E-state index contributed by atoms with van der Waals surface area (Å²) in [7, 11) is 0. The third kappa shape index (κ3) is 10.3. The fourth-order valence-corrected chi connectivity index (χ4v) is 17.0. The SMILES string of the molecule is c1ccc(-c2ccc3c4ccccc4n(-c4ccc(-c5ccc(-n6c7ccccc7c7ccc(-c8ccccc8)cc76)cc5)cc4)c3c2)cc1.c1ccc2c(c1)c1ccccc1n2-c1ccc(N(c2ccc(-n3c4ccccc4c4ccccc43)cc2)c2ccc(-n3c4ccccc4c4ccccc43)cc2)cc1. The van der Waals surface area contributed by atoms with Crippen LogP contribution in [0.4, 0.5) is 17.1 Å². The Labute approximate surface area is 624 Å². The average Bonchev–Trinajstić information content (AvgIpc) is 1.61. The van der Waals surface area contributed by atoms with Crippen LogP contribution in [0.2, 0.25) is 0 Å². The van der Waals surface area contributed by atoms with Gasteiger partial charge in [0, 0.05) is 99.4 Å². The van der Waals surface area contributed by atoms with Gasteiger partial charge in [-0.05, 0) is 191 Å². The normalized spacial score (nSPS) is 11.7. The Hall–Kier alpha value is -14.5. The first-order chi connectivity index (χ1) is 53.6. The molecule has 0 spiro atoms. The Morgan fingerprint density at radius 3 is 0.546 bits per heavy atom. The van der Waals surface area contributed by atoms with Crippen molar-refractivity contribution in [1.29, 1.82) is 0 Å². The predicted octanol–water partition coefficient (Wildman–Crippen LogP) is 27.3. The van der Waals surface area contributed by atoms with Crippen molar-refractivity contribution < 1.29 is 0 Å². The van der Waals surface area contributed by atoms with Gasteiger partial charge in [0.15, 0.2) is 0 Å². The lowest BCUT2D eigenvalue weighted by Gasteiger charge is -2.26. The first kappa shape index (κ1) is 62.1. The molecule has 17 aromatic carbocycles. The summed E-state index contributed by atoms with van der Waals surface area (Å²) < 4.78 is 11.9. The summed E-state index contributed by atoms with van der Waals surface area (Å²) in [5, 5.41) is 12.6. The molecule has 0 aliphatic carbocycles. The van der Waals surface area contributed by atoms with E-state index in [0.29, 0.717) is 0 Å². The highest BCUT2D eigenvalue weighted by Gasteiger charge is 2.21. The zero-order valence-corrected chi connectivity index (χ0v) is 58.9. The van der Waals surface area contributed by atoms with Crippen LogP contribution in [-0.2, 0) is 0 Å². The zero-order valence-electron chi connectivity index (χ0n) is 58.9. The van der Waals surface area contributed by atoms with Crippen LogP contribution in [0, 0.1) is 0 Å². The fourth-order valence-electron chi connectivity index (χ4n) is 17.0. The molecular weight excluding hydrogens is 1310 g/mol. The summed E-state index contributed by atoms with van der Waals surface area (Å²) in [5.41, 5.74) is 28.3. The lowest BCUT2D eigenvalue weighted by Crippen LogP contribution is -2.10. The summed E-state index contributed by atoms with van der Waals surface area (Å²) in [4.78, 5) is 2.36. The highest BCUT2D eigenvalue weighted by molar-refractivity contribution is 6.14. The molecule has 0 atom stereocenters. The van der Waals surface area contributed by atoms with Crippen LogP contribution >= 0.6 is 0 Å². The van der Waals surface area contributed by atoms with E-state index in [2.05, 4.69) is 440 Å². The molecule has 0 bridgehead atoms. The number of rotatable bonds is 11. The third-order valence-corrected chi connectivity index (χ3v) is 22.0. The first-order valence-electron chi connectivity index (χ1n) is 37.0. The molecule has 0 radical (unpaired) electrons. The molecular formula is C102H68N6. The molecule has 506 valence electrons. The number of nitrogens with zero attached hydrogens (tertiary/aromatic N) is 6. The van der Waals surface area contributed by atoms with Gasteiger partial charge in [-0.25, -0.2) is 0 Å². The largest absolute Gasteiger partial charge is 0.310 e. The van der Waals surface area contributed by atoms with Crippen LogP contribution in [0.5, 0.6) is 0 Å². The second kappa shape index (κ2) is 25.7. The molecule has 22 rings (SSSR count). The number of anilines is 3. The minimum absolute atomic E-state index is 1.08. The van der Waals surface area contributed by atoms with Crippen LogP contribution < -0.4 is 4.90 Å². The van der Waals surface area contributed by atoms with Crippen molar-refractivity contribution in [3.63, 3.8) is 0 Å². The van der Waals surface area contributed by atoms with Crippen LogP contribution in [0.3, 0.4) is 0 Å². The quantitative estimate of drug-likeness (QED) is 0.127. The molecule has 0 amide bonds. The maximum atomic E-state index is 2.40. The summed E-state index contributed by atoms with van der Waals surface area (Å²) in [6.07, 6.45) is 0. The number of hydrogen-bond donors (Lipinski definition) is 0. The van der Waals surface area contributed by atoms with Gasteiger partial charge >= 0.3 is 0 Å². The van der Waals surface area contributed by atoms with Crippen LogP contribution in [0.15, 0.2) is 413 Å². The standard InChI is InChI=1S/C54H36N4.C48H32N2/c1-7-19-49-43(13-1)44-14-2-8-20-50(44)56(49)40-31-25-37(26-32-40)55(38-27-33-41(34-28-38)57-51-21-9-3-15-45(51)46-16-4-10-22-52(46)57)39-29-35-42(36-30-39)58-53-23-11-5-17-47(53)48-18-6-12-24-54(48)58;1-3-11-33(12-4-1)37-23-29-43-41-15-7-9-17-45(41)49(47(43)31-37)39-25-19-35(20-26-39)36-21-27-40(28-22-36)50-46-18-10-8-16-42(46)44-30-24-38(32-48(44)50)34-13-5-2-6-14-34/h1-36H;1-32H. The Morgan fingerprint density at radius 2 is 0.306 bits per heavy atom. The topological polar surface area (TPSA) is 27.9 Å². The van der Waals surface area contributed by atoms with Crippen molar-refractivity contribution in [2.24, 2.45) is 0 Å². The Morgan fingerprint density at radius 1 is 0.130 bits per heavy atom. The molecule has 108 heavy (non-hydrogen) atoms. The molecule has 5 heterocycles. The minimum Gasteiger partial charge on any atom is -0.310 e. The van der Waals surface area contributed by atoms with Gasteiger partial charge in [0.2, 0.25) is 0 Å². The lowest BCUT2D eigenvalue weighted by atomic mass is 10.0. The van der Waals surface area contributed by atoms with Crippen molar-refractivity contribution >= 4 is 126 Å². The third-order valence-electron chi connectivity index (χ3n) is 22.0. The highest BCUT2D eigenvalue weighted by atomic mass is 15.1. The molecule has 22 aromatic rings. The fraction of sp³-hybridized carbons (Fsp3) is 0. The second-order valence-electron chi connectivity index (χ2n) is 28.0. The molecule has 0 N–H and O–H groups in total. The number of benzene rings is 17. The number of fused-ring (bicyclic) bond motifs is 15. The second-order valence-corrected chi connectivity index (χ2v) is 28.0. The summed E-state index contributed by atoms with van der Waals surface area (Å²) in [6, 6.07) is 149. The van der Waals surface area contributed by atoms with E-state index in [0.717, 1.165) is 45.5 Å². The Balaban J connectivity index is 0.000000139. The maximum absolute atomic E-state index is 2.40. The molecule has 0 saturated heterocycles. The number of para-hydroxylation sites is 8. The van der Waals surface area contributed by atoms with Crippen molar-refractivity contribution in [2.45, 2.75) is 0 Å². The van der Waals surface area contributed by atoms with Gasteiger partial charge in [0.1, 0.15) is 0 Å². The van der Waals surface area contributed by atoms with E-state index >= 15 is 0 Å². The molecule has 6 heteroatoms. The molecule has 5 aromatic heterocycles. The minimum atomic E-state index is 1.08. The van der Waals surface area contributed by atoms with Crippen LogP contribution in [0.1, 0.15) is 0 Å². The van der Waals surface area contributed by atoms with Gasteiger partial charge in [-0.1, -0.05) is 255 Å². The lowest BCUT2D eigenvalue weighted by molar-refractivity contribution is 1.16. The molecule has 6 nitrogen and oxygen atoms in total. The summed E-state index contributed by atoms with van der Waals surface area (Å²) >= 11 is 0. The van der Waals surface area contributed by atoms with Crippen molar-refractivity contribution in [2.75, 3.05) is 4.90 Å². The van der Waals surface area contributed by atoms with Crippen molar-refractivity contribution in [1.82, 2.24) is 22.8 Å². The summed E-state index contributed by atoms with van der Waals surface area (Å²) in [6.45, 7) is 0. The molecule has 0 unspecified atom stereocenters. The van der Waals surface area contributed by atoms with E-state index in [4.69, 9.17) is 0 Å². The number of aromatic nitrogens is 5.